The second kappa shape index (κ2) is 7.03. The van der Waals surface area contributed by atoms with E-state index in [2.05, 4.69) is 5.32 Å². The van der Waals surface area contributed by atoms with Crippen LogP contribution in [0.4, 0.5) is 10.1 Å². The predicted octanol–water partition coefficient (Wildman–Crippen LogP) is 1.98. The van der Waals surface area contributed by atoms with Crippen LogP contribution in [-0.2, 0) is 6.54 Å². The smallest absolute Gasteiger partial charge is 0.304 e. The highest BCUT2D eigenvalue weighted by atomic mass is 19.1. The molecule has 0 aliphatic heterocycles. The normalized spacial score (nSPS) is 12.4. The van der Waals surface area contributed by atoms with Crippen molar-refractivity contribution in [3.05, 3.63) is 39.7 Å². The molecule has 1 aromatic carbocycles. The van der Waals surface area contributed by atoms with Gasteiger partial charge in [-0.25, -0.2) is 0 Å². The summed E-state index contributed by atoms with van der Waals surface area (Å²) in [6.45, 7) is 2.77. The fourth-order valence-corrected chi connectivity index (χ4v) is 1.63. The Balaban J connectivity index is 2.49. The van der Waals surface area contributed by atoms with Gasteiger partial charge in [0.2, 0.25) is 5.82 Å². The van der Waals surface area contributed by atoms with Gasteiger partial charge in [0.25, 0.3) is 0 Å². The number of nitro groups is 1. The molecule has 0 aliphatic rings. The lowest BCUT2D eigenvalue weighted by molar-refractivity contribution is -0.387. The molecular weight excluding hydrogens is 239 g/mol. The summed E-state index contributed by atoms with van der Waals surface area (Å²) >= 11 is 0. The zero-order valence-corrected chi connectivity index (χ0v) is 10.2. The quantitative estimate of drug-likeness (QED) is 0.578. The number of nitrogens with zero attached hydrogens (tertiary/aromatic N) is 1. The van der Waals surface area contributed by atoms with Gasteiger partial charge in [0.1, 0.15) is 0 Å². The standard InChI is InChI=1S/C12H17FN2O3/c1-2-3-10(16)8-14-7-9-4-5-12(15(17)18)11(13)6-9/h4-6,10,14,16H,2-3,7-8H2,1H3. The van der Waals surface area contributed by atoms with Crippen LogP contribution in [0.1, 0.15) is 25.3 Å². The fraction of sp³-hybridized carbons (Fsp3) is 0.500. The van der Waals surface area contributed by atoms with E-state index < -0.39 is 22.5 Å². The van der Waals surface area contributed by atoms with E-state index >= 15 is 0 Å². The Morgan fingerprint density at radius 3 is 2.83 bits per heavy atom. The molecule has 1 atom stereocenters. The van der Waals surface area contributed by atoms with Crippen LogP contribution in [0, 0.1) is 15.9 Å². The largest absolute Gasteiger partial charge is 0.392 e. The van der Waals surface area contributed by atoms with Crippen molar-refractivity contribution in [2.24, 2.45) is 0 Å². The topological polar surface area (TPSA) is 75.4 Å². The summed E-state index contributed by atoms with van der Waals surface area (Å²) < 4.78 is 13.3. The van der Waals surface area contributed by atoms with Crippen molar-refractivity contribution >= 4 is 5.69 Å². The average molecular weight is 256 g/mol. The molecule has 0 bridgehead atoms. The van der Waals surface area contributed by atoms with Crippen LogP contribution in [0.5, 0.6) is 0 Å². The summed E-state index contributed by atoms with van der Waals surface area (Å²) in [6, 6.07) is 3.78. The number of rotatable bonds is 7. The number of hydrogen-bond acceptors (Lipinski definition) is 4. The summed E-state index contributed by atoms with van der Waals surface area (Å²) in [6.07, 6.45) is 1.19. The van der Waals surface area contributed by atoms with Gasteiger partial charge in [0.05, 0.1) is 11.0 Å². The van der Waals surface area contributed by atoms with E-state index in [1.807, 2.05) is 6.92 Å². The average Bonchev–Trinajstić information content (AvgIpc) is 2.29. The first-order valence-corrected chi connectivity index (χ1v) is 5.86. The van der Waals surface area contributed by atoms with E-state index in [9.17, 15) is 19.6 Å². The number of aliphatic hydroxyl groups is 1. The van der Waals surface area contributed by atoms with Crippen molar-refractivity contribution in [1.82, 2.24) is 5.32 Å². The third kappa shape index (κ3) is 4.38. The minimum absolute atomic E-state index is 0.371. The Morgan fingerprint density at radius 2 is 2.28 bits per heavy atom. The number of aliphatic hydroxyl groups excluding tert-OH is 1. The highest BCUT2D eigenvalue weighted by molar-refractivity contribution is 5.34. The van der Waals surface area contributed by atoms with Crippen LogP contribution in [0.3, 0.4) is 0 Å². The van der Waals surface area contributed by atoms with Gasteiger partial charge < -0.3 is 10.4 Å². The van der Waals surface area contributed by atoms with E-state index in [4.69, 9.17) is 0 Å². The molecule has 0 amide bonds. The van der Waals surface area contributed by atoms with E-state index in [1.165, 1.54) is 6.07 Å². The number of hydrogen-bond donors (Lipinski definition) is 2. The van der Waals surface area contributed by atoms with Gasteiger partial charge in [0, 0.05) is 19.2 Å². The molecule has 18 heavy (non-hydrogen) atoms. The number of benzene rings is 1. The minimum atomic E-state index is -0.839. The van der Waals surface area contributed by atoms with Crippen molar-refractivity contribution in [3.63, 3.8) is 0 Å². The van der Waals surface area contributed by atoms with Crippen molar-refractivity contribution < 1.29 is 14.4 Å². The van der Waals surface area contributed by atoms with Gasteiger partial charge in [-0.05, 0) is 18.1 Å². The molecule has 0 radical (unpaired) electrons. The van der Waals surface area contributed by atoms with E-state index in [-0.39, 0.29) is 0 Å². The molecule has 0 spiro atoms. The first-order chi connectivity index (χ1) is 8.54. The van der Waals surface area contributed by atoms with Crippen molar-refractivity contribution in [2.45, 2.75) is 32.4 Å². The molecule has 0 aliphatic carbocycles. The van der Waals surface area contributed by atoms with Gasteiger partial charge in [-0.3, -0.25) is 10.1 Å². The van der Waals surface area contributed by atoms with Crippen LogP contribution in [0.15, 0.2) is 18.2 Å². The van der Waals surface area contributed by atoms with E-state index in [1.54, 1.807) is 0 Å². The molecule has 6 heteroatoms. The maximum atomic E-state index is 13.3. The van der Waals surface area contributed by atoms with E-state index in [0.29, 0.717) is 25.1 Å². The highest BCUT2D eigenvalue weighted by Crippen LogP contribution is 2.17. The van der Waals surface area contributed by atoms with E-state index in [0.717, 1.165) is 18.6 Å². The molecule has 0 heterocycles. The molecule has 100 valence electrons. The fourth-order valence-electron chi connectivity index (χ4n) is 1.63. The van der Waals surface area contributed by atoms with Crippen LogP contribution in [0.25, 0.3) is 0 Å². The van der Waals surface area contributed by atoms with Crippen LogP contribution < -0.4 is 5.32 Å². The summed E-state index contributed by atoms with van der Waals surface area (Å²) in [5.74, 6) is -0.839. The lowest BCUT2D eigenvalue weighted by Crippen LogP contribution is -2.26. The van der Waals surface area contributed by atoms with Crippen molar-refractivity contribution in [1.29, 1.82) is 0 Å². The van der Waals surface area contributed by atoms with Gasteiger partial charge in [-0.2, -0.15) is 4.39 Å². The lowest BCUT2D eigenvalue weighted by atomic mass is 10.2. The molecular formula is C12H17FN2O3. The first kappa shape index (κ1) is 14.5. The first-order valence-electron chi connectivity index (χ1n) is 5.86. The highest BCUT2D eigenvalue weighted by Gasteiger charge is 2.13. The second-order valence-electron chi connectivity index (χ2n) is 4.12. The SMILES string of the molecule is CCCC(O)CNCc1ccc([N+](=O)[O-])c(F)c1. The predicted molar refractivity (Wildman–Crippen MR) is 65.7 cm³/mol. The summed E-state index contributed by atoms with van der Waals surface area (Å²) in [5, 5.41) is 22.9. The van der Waals surface area contributed by atoms with Crippen LogP contribution in [0.2, 0.25) is 0 Å². The Kier molecular flexibility index (Phi) is 5.67. The van der Waals surface area contributed by atoms with Crippen LogP contribution >= 0.6 is 0 Å². The van der Waals surface area contributed by atoms with Gasteiger partial charge in [-0.1, -0.05) is 19.4 Å². The molecule has 1 unspecified atom stereocenters. The van der Waals surface area contributed by atoms with Crippen LogP contribution in [-0.4, -0.2) is 22.7 Å². The summed E-state index contributed by atoms with van der Waals surface area (Å²) in [7, 11) is 0. The second-order valence-corrected chi connectivity index (χ2v) is 4.12. The molecule has 1 rings (SSSR count). The molecule has 2 N–H and O–H groups in total. The Labute approximate surface area is 105 Å². The van der Waals surface area contributed by atoms with Crippen molar-refractivity contribution in [3.8, 4) is 0 Å². The van der Waals surface area contributed by atoms with Gasteiger partial charge in [-0.15, -0.1) is 0 Å². The Hall–Kier alpha value is -1.53. The maximum absolute atomic E-state index is 13.3. The molecule has 0 fully saturated rings. The molecule has 1 aromatic rings. The molecule has 0 saturated heterocycles. The summed E-state index contributed by atoms with van der Waals surface area (Å²) in [4.78, 5) is 9.67. The minimum Gasteiger partial charge on any atom is -0.392 e. The molecule has 0 aromatic heterocycles. The van der Waals surface area contributed by atoms with Gasteiger partial charge >= 0.3 is 5.69 Å². The van der Waals surface area contributed by atoms with Gasteiger partial charge in [0.15, 0.2) is 0 Å². The Bertz CT molecular complexity index is 412. The molecule has 0 saturated carbocycles. The Morgan fingerprint density at radius 1 is 1.56 bits per heavy atom. The lowest BCUT2D eigenvalue weighted by Gasteiger charge is -2.10. The molecule has 5 nitrogen and oxygen atoms in total. The zero-order chi connectivity index (χ0) is 13.5. The zero-order valence-electron chi connectivity index (χ0n) is 10.2. The third-order valence-electron chi connectivity index (χ3n) is 2.54. The van der Waals surface area contributed by atoms with Crippen molar-refractivity contribution in [2.75, 3.05) is 6.54 Å². The summed E-state index contributed by atoms with van der Waals surface area (Å²) in [5.41, 5.74) is 0.0894. The maximum Gasteiger partial charge on any atom is 0.304 e. The monoisotopic (exact) mass is 256 g/mol. The number of halogens is 1. The third-order valence-corrected chi connectivity index (χ3v) is 2.54. The number of nitro benzene ring substituents is 1. The number of nitrogens with one attached hydrogen (secondary N) is 1.